The average Bonchev–Trinajstić information content (AvgIpc) is 2.36. The molecule has 10 heteroatoms. The summed E-state index contributed by atoms with van der Waals surface area (Å²) >= 11 is 11.3. The van der Waals surface area contributed by atoms with E-state index in [4.69, 9.17) is 32.8 Å². The molecule has 6 nitrogen and oxygen atoms in total. The van der Waals surface area contributed by atoms with Crippen molar-refractivity contribution in [3.8, 4) is 5.75 Å². The van der Waals surface area contributed by atoms with Crippen molar-refractivity contribution in [2.24, 2.45) is 0 Å². The van der Waals surface area contributed by atoms with Crippen molar-refractivity contribution in [2.45, 2.75) is 24.8 Å². The van der Waals surface area contributed by atoms with E-state index in [9.17, 15) is 14.3 Å². The molecule has 0 bridgehead atoms. The molecule has 112 valence electrons. The molecule has 21 heavy (non-hydrogen) atoms. The first-order chi connectivity index (χ1) is 9.24. The summed E-state index contributed by atoms with van der Waals surface area (Å²) in [6.45, 7) is 1.43. The second-order valence-corrected chi connectivity index (χ2v) is 6.29. The summed E-state index contributed by atoms with van der Waals surface area (Å²) in [4.78, 5) is 31.3. The zero-order valence-electron chi connectivity index (χ0n) is 11.4. The number of alkyl halides is 1. The molecule has 0 aliphatic rings. The van der Waals surface area contributed by atoms with Crippen LogP contribution < -0.4 is 28.5 Å². The van der Waals surface area contributed by atoms with Gasteiger partial charge < -0.3 is 23.8 Å². The molecule has 0 aliphatic carbocycles. The van der Waals surface area contributed by atoms with Gasteiger partial charge in [0.05, 0.1) is 0 Å². The van der Waals surface area contributed by atoms with Crippen molar-refractivity contribution in [2.75, 3.05) is 0 Å². The van der Waals surface area contributed by atoms with Crippen LogP contribution in [0.3, 0.4) is 0 Å². The quantitative estimate of drug-likeness (QED) is 0.310. The maximum absolute atomic E-state index is 11.6. The normalized spacial score (nSPS) is 16.0. The zero-order chi connectivity index (χ0) is 15.3. The number of carbonyl (C=O) groups is 1. The van der Waals surface area contributed by atoms with E-state index < -0.39 is 25.0 Å². The number of esters is 1. The van der Waals surface area contributed by atoms with Crippen LogP contribution in [0.4, 0.5) is 0 Å². The second kappa shape index (κ2) is 9.07. The summed E-state index contributed by atoms with van der Waals surface area (Å²) in [7, 11) is -4.78. The SMILES string of the molecule is CCC(OC(=O)C(Cl)Oc1ccc(Cl)cc1)P(=O)([O-])O.[Li+]. The Morgan fingerprint density at radius 1 is 1.43 bits per heavy atom. The molecule has 3 atom stereocenters. The minimum Gasteiger partial charge on any atom is -0.776 e. The minimum atomic E-state index is -4.78. The van der Waals surface area contributed by atoms with Crippen molar-refractivity contribution < 1.29 is 47.5 Å². The first-order valence-electron chi connectivity index (χ1n) is 5.54. The van der Waals surface area contributed by atoms with Gasteiger partial charge in [-0.05, 0) is 30.7 Å². The first-order valence-corrected chi connectivity index (χ1v) is 8.00. The van der Waals surface area contributed by atoms with Gasteiger partial charge in [-0.2, -0.15) is 0 Å². The van der Waals surface area contributed by atoms with Crippen LogP contribution in [0.1, 0.15) is 13.3 Å². The topological polar surface area (TPSA) is 95.9 Å². The molecule has 3 unspecified atom stereocenters. The predicted octanol–water partition coefficient (Wildman–Crippen LogP) is -0.887. The van der Waals surface area contributed by atoms with Crippen LogP contribution in [-0.4, -0.2) is 22.3 Å². The first kappa shape index (κ1) is 20.8. The molecule has 0 saturated carbocycles. The Hall–Kier alpha value is -0.183. The smallest absolute Gasteiger partial charge is 0.776 e. The van der Waals surface area contributed by atoms with E-state index in [2.05, 4.69) is 4.74 Å². The largest absolute Gasteiger partial charge is 1.00 e. The molecule has 1 N–H and O–H groups in total. The van der Waals surface area contributed by atoms with Gasteiger partial charge in [-0.25, -0.2) is 4.79 Å². The van der Waals surface area contributed by atoms with Crippen molar-refractivity contribution in [1.29, 1.82) is 0 Å². The molecule has 0 aromatic heterocycles. The average molecular weight is 349 g/mol. The maximum Gasteiger partial charge on any atom is 1.00 e. The molecule has 0 amide bonds. The molecule has 1 aromatic carbocycles. The van der Waals surface area contributed by atoms with E-state index in [-0.39, 0.29) is 31.0 Å². The van der Waals surface area contributed by atoms with Gasteiger partial charge in [0.15, 0.2) is 13.4 Å². The van der Waals surface area contributed by atoms with Crippen LogP contribution in [-0.2, 0) is 14.1 Å². The van der Waals surface area contributed by atoms with Gasteiger partial charge in [-0.15, -0.1) is 0 Å². The second-order valence-electron chi connectivity index (χ2n) is 3.75. The van der Waals surface area contributed by atoms with Crippen LogP contribution in [0.15, 0.2) is 24.3 Å². The number of carbonyl (C=O) groups excluding carboxylic acids is 1. The standard InChI is InChI=1S/C11H13Cl2O6P.Li/c1-2-9(20(15,16)17)19-11(14)10(13)18-8-5-3-7(12)4-6-8;/h3-6,9-10H,2H2,1H3,(H2,15,16,17);/q;+1/p-1. The van der Waals surface area contributed by atoms with Gasteiger partial charge in [0.2, 0.25) is 0 Å². The van der Waals surface area contributed by atoms with E-state index in [1.165, 1.54) is 31.2 Å². The number of benzene rings is 1. The minimum absolute atomic E-state index is 0. The summed E-state index contributed by atoms with van der Waals surface area (Å²) in [5, 5.41) is 0.477. The summed E-state index contributed by atoms with van der Waals surface area (Å²) in [5.74, 6) is -2.50. The predicted molar refractivity (Wildman–Crippen MR) is 71.7 cm³/mol. The van der Waals surface area contributed by atoms with Gasteiger partial charge >= 0.3 is 24.8 Å². The Balaban J connectivity index is 0.00000400. The monoisotopic (exact) mass is 348 g/mol. The summed E-state index contributed by atoms with van der Waals surface area (Å²) in [5.41, 5.74) is -1.54. The molecule has 0 saturated heterocycles. The van der Waals surface area contributed by atoms with Crippen molar-refractivity contribution in [3.63, 3.8) is 0 Å². The number of ether oxygens (including phenoxy) is 2. The van der Waals surface area contributed by atoms with Crippen LogP contribution >= 0.6 is 30.8 Å². The Bertz CT molecular complexity index is 506. The maximum atomic E-state index is 11.6. The molecular weight excluding hydrogens is 337 g/mol. The molecule has 1 rings (SSSR count). The van der Waals surface area contributed by atoms with Gasteiger partial charge in [0.25, 0.3) is 5.56 Å². The van der Waals surface area contributed by atoms with Crippen molar-refractivity contribution >= 4 is 36.8 Å². The summed E-state index contributed by atoms with van der Waals surface area (Å²) < 4.78 is 20.5. The Kier molecular flexibility index (Phi) is 8.99. The molecule has 0 spiro atoms. The van der Waals surface area contributed by atoms with Crippen LogP contribution in [0.25, 0.3) is 0 Å². The zero-order valence-corrected chi connectivity index (χ0v) is 13.8. The Morgan fingerprint density at radius 3 is 2.38 bits per heavy atom. The third-order valence-corrected chi connectivity index (χ3v) is 3.92. The number of hydrogen-bond donors (Lipinski definition) is 1. The number of rotatable bonds is 6. The number of hydrogen-bond acceptors (Lipinski definition) is 5. The van der Waals surface area contributed by atoms with Crippen LogP contribution in [0, 0.1) is 0 Å². The molecular formula is C11H12Cl2LiO6P. The third-order valence-electron chi connectivity index (χ3n) is 2.20. The van der Waals surface area contributed by atoms with E-state index in [1.807, 2.05) is 0 Å². The molecule has 1 aromatic rings. The van der Waals surface area contributed by atoms with Gasteiger partial charge in [0, 0.05) is 5.02 Å². The van der Waals surface area contributed by atoms with Crippen molar-refractivity contribution in [1.82, 2.24) is 0 Å². The van der Waals surface area contributed by atoms with E-state index >= 15 is 0 Å². The fraction of sp³-hybridized carbons (Fsp3) is 0.364. The molecule has 0 fully saturated rings. The summed E-state index contributed by atoms with van der Waals surface area (Å²) in [6, 6.07) is 6.01. The third kappa shape index (κ3) is 7.08. The van der Waals surface area contributed by atoms with Crippen LogP contribution in [0.2, 0.25) is 5.02 Å². The van der Waals surface area contributed by atoms with Crippen molar-refractivity contribution in [3.05, 3.63) is 29.3 Å². The number of halogens is 2. The Labute approximate surface area is 144 Å². The van der Waals surface area contributed by atoms with Gasteiger partial charge in [-0.3, -0.25) is 0 Å². The fourth-order valence-electron chi connectivity index (χ4n) is 1.25. The van der Waals surface area contributed by atoms with E-state index in [0.717, 1.165) is 0 Å². The molecule has 0 heterocycles. The molecule has 0 aliphatic heterocycles. The Morgan fingerprint density at radius 2 is 1.95 bits per heavy atom. The van der Waals surface area contributed by atoms with Gasteiger partial charge in [-0.1, -0.05) is 30.1 Å². The van der Waals surface area contributed by atoms with Crippen LogP contribution in [0.5, 0.6) is 5.75 Å². The summed E-state index contributed by atoms with van der Waals surface area (Å²) in [6.07, 6.45) is -0.104. The molecule has 0 radical (unpaired) electrons. The van der Waals surface area contributed by atoms with E-state index in [1.54, 1.807) is 0 Å². The van der Waals surface area contributed by atoms with E-state index in [0.29, 0.717) is 5.02 Å². The van der Waals surface area contributed by atoms with Gasteiger partial charge in [0.1, 0.15) is 5.75 Å². The fourth-order valence-corrected chi connectivity index (χ4v) is 2.23.